The van der Waals surface area contributed by atoms with Crippen LogP contribution in [0.15, 0.2) is 41.3 Å². The van der Waals surface area contributed by atoms with Gasteiger partial charge in [-0.25, -0.2) is 18.1 Å². The van der Waals surface area contributed by atoms with Crippen LogP contribution in [-0.2, 0) is 18.6 Å². The van der Waals surface area contributed by atoms with E-state index in [2.05, 4.69) is 14.8 Å². The first kappa shape index (κ1) is 26.1. The molecule has 1 aliphatic rings. The molecule has 6 atom stereocenters. The number of nitrogens with two attached hydrogens (primary N) is 1. The predicted octanol–water partition coefficient (Wildman–Crippen LogP) is 1.63. The molecule has 2 aromatic rings. The van der Waals surface area contributed by atoms with Crippen LogP contribution >= 0.6 is 19.5 Å². The maximum Gasteiger partial charge on any atom is 0.459 e. The maximum absolute atomic E-state index is 14.8. The lowest BCUT2D eigenvalue weighted by Gasteiger charge is -2.24. The number of methoxy groups -OCH3 is 1. The molecule has 0 aliphatic carbocycles. The van der Waals surface area contributed by atoms with E-state index < -0.39 is 60.8 Å². The van der Waals surface area contributed by atoms with Gasteiger partial charge in [-0.1, -0.05) is 0 Å². The summed E-state index contributed by atoms with van der Waals surface area (Å²) >= 11 is 0.865. The van der Waals surface area contributed by atoms with Crippen LogP contribution in [0.1, 0.15) is 12.3 Å². The van der Waals surface area contributed by atoms with Gasteiger partial charge in [-0.2, -0.15) is 10.1 Å². The van der Waals surface area contributed by atoms with Gasteiger partial charge < -0.3 is 20.1 Å². The van der Waals surface area contributed by atoms with E-state index in [0.29, 0.717) is 0 Å². The molecular weight excluding hydrogens is 497 g/mol. The van der Waals surface area contributed by atoms with Gasteiger partial charge in [0.25, 0.3) is 0 Å². The first-order chi connectivity index (χ1) is 16.0. The van der Waals surface area contributed by atoms with Gasteiger partial charge in [0.15, 0.2) is 6.17 Å². The Morgan fingerprint density at radius 3 is 2.68 bits per heavy atom. The maximum atomic E-state index is 14.8. The van der Waals surface area contributed by atoms with Crippen LogP contribution in [0.4, 0.5) is 14.6 Å². The number of alkyl halides is 1. The normalized spacial score (nSPS) is 24.9. The minimum absolute atomic E-state index is 0.0327. The number of benzene rings is 1. The van der Waals surface area contributed by atoms with Crippen molar-refractivity contribution in [3.8, 4) is 5.75 Å². The van der Waals surface area contributed by atoms with Crippen LogP contribution in [0.3, 0.4) is 0 Å². The average Bonchev–Trinajstić information content (AvgIpc) is 3.07. The Morgan fingerprint density at radius 2 is 2.06 bits per heavy atom. The summed E-state index contributed by atoms with van der Waals surface area (Å²) in [5.41, 5.74) is 4.66. The topological polar surface area (TPSA) is 155 Å². The Morgan fingerprint density at radius 1 is 1.38 bits per heavy atom. The number of halogens is 2. The number of esters is 1. The van der Waals surface area contributed by atoms with Crippen molar-refractivity contribution in [3.05, 3.63) is 52.8 Å². The van der Waals surface area contributed by atoms with Gasteiger partial charge in [-0.3, -0.25) is 13.9 Å². The lowest BCUT2D eigenvalue weighted by atomic mass is 10.1. The fraction of sp³-hybridized carbons (Fsp3) is 0.421. The van der Waals surface area contributed by atoms with Crippen molar-refractivity contribution in [3.63, 3.8) is 0 Å². The second-order valence-corrected chi connectivity index (χ2v) is 10.3. The van der Waals surface area contributed by atoms with Gasteiger partial charge in [-0.15, -0.1) is 11.8 Å². The molecule has 1 aliphatic heterocycles. The van der Waals surface area contributed by atoms with Crippen LogP contribution in [0.2, 0.25) is 0 Å². The van der Waals surface area contributed by atoms with E-state index >= 15 is 0 Å². The summed E-state index contributed by atoms with van der Waals surface area (Å²) in [6.07, 6.45) is -2.20. The van der Waals surface area contributed by atoms with Gasteiger partial charge in [0.1, 0.15) is 34.9 Å². The molecule has 0 saturated carbocycles. The van der Waals surface area contributed by atoms with Gasteiger partial charge in [-0.05, 0) is 37.3 Å². The quantitative estimate of drug-likeness (QED) is 0.326. The number of hydrogen-bond acceptors (Lipinski definition) is 10. The number of anilines is 1. The van der Waals surface area contributed by atoms with Crippen molar-refractivity contribution >= 4 is 31.3 Å². The number of nitrogens with one attached hydrogen (secondary N) is 1. The Balaban J connectivity index is 1.76. The molecule has 1 fully saturated rings. The molecular formula is C19H23F2N4O7PS. The Bertz CT molecular complexity index is 1120. The van der Waals surface area contributed by atoms with Crippen molar-refractivity contribution in [1.82, 2.24) is 14.6 Å². The number of aromatic nitrogens is 2. The smallest absolute Gasteiger partial charge is 0.459 e. The van der Waals surface area contributed by atoms with Crippen LogP contribution in [0.25, 0.3) is 0 Å². The molecule has 0 bridgehead atoms. The summed E-state index contributed by atoms with van der Waals surface area (Å²) in [5.74, 6) is -1.39. The van der Waals surface area contributed by atoms with Crippen molar-refractivity contribution in [2.45, 2.75) is 35.9 Å². The van der Waals surface area contributed by atoms with Gasteiger partial charge in [0, 0.05) is 6.20 Å². The van der Waals surface area contributed by atoms with Crippen molar-refractivity contribution in [2.24, 2.45) is 0 Å². The molecule has 3 rings (SSSR count). The molecule has 2 heterocycles. The van der Waals surface area contributed by atoms with E-state index in [1.165, 1.54) is 31.3 Å². The Labute approximate surface area is 197 Å². The number of nitrogen functional groups attached to an aromatic ring is 1. The number of hydrogen-bond donors (Lipinski definition) is 3. The van der Waals surface area contributed by atoms with Gasteiger partial charge >= 0.3 is 19.4 Å². The number of thioether (sulfide) groups is 1. The van der Waals surface area contributed by atoms with E-state index in [0.717, 1.165) is 35.6 Å². The van der Waals surface area contributed by atoms with Crippen molar-refractivity contribution in [2.75, 3.05) is 19.5 Å². The fourth-order valence-corrected chi connectivity index (χ4v) is 6.08. The van der Waals surface area contributed by atoms with Crippen LogP contribution in [-0.4, -0.2) is 57.9 Å². The standard InChI is InChI=1S/C19H23F2N4O7PS/c1-10(18(27)30-2)24-33(29,32-12-5-3-11(20)4-6-12)31-9-13-16(26)15(21)17(34-13)25-8-7-14(22)23-19(25)28/h3-8,10,13,15-17,26H,9H2,1-2H3,(H,24,29)(H2,22,23,28)/t10-,13+,15-,16+,17+,33?/m0/s1. The molecule has 4 N–H and O–H groups in total. The summed E-state index contributed by atoms with van der Waals surface area (Å²) < 4.78 is 57.7. The molecule has 34 heavy (non-hydrogen) atoms. The Kier molecular flexibility index (Phi) is 8.31. The average molecular weight is 520 g/mol. The van der Waals surface area contributed by atoms with E-state index in [1.807, 2.05) is 0 Å². The second kappa shape index (κ2) is 10.8. The number of rotatable bonds is 9. The summed E-state index contributed by atoms with van der Waals surface area (Å²) in [5, 5.41) is 10.6. The monoisotopic (exact) mass is 520 g/mol. The zero-order chi connectivity index (χ0) is 25.0. The summed E-state index contributed by atoms with van der Waals surface area (Å²) in [4.78, 5) is 27.4. The highest BCUT2D eigenvalue weighted by Gasteiger charge is 2.46. The van der Waals surface area contributed by atoms with E-state index in [4.69, 9.17) is 14.8 Å². The minimum atomic E-state index is -4.30. The highest BCUT2D eigenvalue weighted by atomic mass is 32.2. The van der Waals surface area contributed by atoms with E-state index in [9.17, 15) is 28.0 Å². The number of ether oxygens (including phenoxy) is 1. The van der Waals surface area contributed by atoms with Crippen LogP contribution in [0, 0.1) is 5.82 Å². The zero-order valence-electron chi connectivity index (χ0n) is 18.0. The number of aliphatic hydroxyl groups is 1. The first-order valence-corrected chi connectivity index (χ1v) is 12.4. The highest BCUT2D eigenvalue weighted by Crippen LogP contribution is 2.48. The molecule has 0 amide bonds. The highest BCUT2D eigenvalue weighted by molar-refractivity contribution is 8.00. The van der Waals surface area contributed by atoms with Crippen molar-refractivity contribution < 1.29 is 37.0 Å². The molecule has 0 radical (unpaired) electrons. The molecule has 1 unspecified atom stereocenters. The largest absolute Gasteiger partial charge is 0.468 e. The van der Waals surface area contributed by atoms with E-state index in [1.54, 1.807) is 0 Å². The summed E-state index contributed by atoms with van der Waals surface area (Å²) in [7, 11) is -3.17. The number of carbonyl (C=O) groups excluding carboxylic acids is 1. The third kappa shape index (κ3) is 6.13. The predicted molar refractivity (Wildman–Crippen MR) is 119 cm³/mol. The zero-order valence-corrected chi connectivity index (χ0v) is 19.7. The minimum Gasteiger partial charge on any atom is -0.468 e. The molecule has 1 aromatic heterocycles. The third-order valence-corrected chi connectivity index (χ3v) is 7.95. The van der Waals surface area contributed by atoms with Crippen molar-refractivity contribution in [1.29, 1.82) is 0 Å². The van der Waals surface area contributed by atoms with Gasteiger partial charge in [0.2, 0.25) is 0 Å². The first-order valence-electron chi connectivity index (χ1n) is 9.90. The molecule has 15 heteroatoms. The molecule has 0 spiro atoms. The van der Waals surface area contributed by atoms with Gasteiger partial charge in [0.05, 0.1) is 19.0 Å². The molecule has 1 aromatic carbocycles. The lowest BCUT2D eigenvalue weighted by molar-refractivity contribution is -0.142. The van der Waals surface area contributed by atoms with E-state index in [-0.39, 0.29) is 11.6 Å². The molecule has 186 valence electrons. The Hall–Kier alpha value is -2.51. The fourth-order valence-electron chi connectivity index (χ4n) is 3.05. The number of carbonyl (C=O) groups is 1. The summed E-state index contributed by atoms with van der Waals surface area (Å²) in [6.45, 7) is 0.864. The van der Waals surface area contributed by atoms with Crippen LogP contribution in [0.5, 0.6) is 5.75 Å². The second-order valence-electron chi connectivity index (χ2n) is 7.25. The summed E-state index contributed by atoms with van der Waals surface area (Å²) in [6, 6.07) is 4.71. The SMILES string of the molecule is COC(=O)[C@H](C)NP(=O)(OC[C@H]1S[C@@H](n2ccc(N)nc2=O)[C@@H](F)[C@@H]1O)Oc1ccc(F)cc1. The lowest BCUT2D eigenvalue weighted by Crippen LogP contribution is -2.36. The molecule has 1 saturated heterocycles. The molecule has 11 nitrogen and oxygen atoms in total. The van der Waals surface area contributed by atoms with Crippen LogP contribution < -0.4 is 21.0 Å². The number of aliphatic hydroxyl groups excluding tert-OH is 1. The third-order valence-electron chi connectivity index (χ3n) is 4.77. The number of nitrogens with zero attached hydrogens (tertiary/aromatic N) is 2.